The Hall–Kier alpha value is -3.39. The third kappa shape index (κ3) is 3.79. The normalized spacial score (nSPS) is 15.5. The highest BCUT2D eigenvalue weighted by molar-refractivity contribution is 6.04. The van der Waals surface area contributed by atoms with Crippen molar-refractivity contribution in [2.45, 2.75) is 26.2 Å². The molecule has 1 amide bonds. The number of nitrogens with zero attached hydrogens (tertiary/aromatic N) is 3. The molecule has 1 N–H and O–H groups in total. The highest BCUT2D eigenvalue weighted by atomic mass is 16.5. The molecule has 1 aliphatic rings. The molecule has 4 rings (SSSR count). The van der Waals surface area contributed by atoms with Crippen molar-refractivity contribution in [3.8, 4) is 11.5 Å². The van der Waals surface area contributed by atoms with Gasteiger partial charge in [-0.25, -0.2) is 4.68 Å². The third-order valence-corrected chi connectivity index (χ3v) is 4.90. The van der Waals surface area contributed by atoms with Gasteiger partial charge in [-0.3, -0.25) is 4.79 Å². The van der Waals surface area contributed by atoms with Crippen molar-refractivity contribution >= 4 is 11.6 Å². The zero-order chi connectivity index (χ0) is 20.4. The summed E-state index contributed by atoms with van der Waals surface area (Å²) >= 11 is 0. The van der Waals surface area contributed by atoms with E-state index in [1.165, 1.54) is 0 Å². The van der Waals surface area contributed by atoms with E-state index in [0.717, 1.165) is 16.9 Å². The maximum atomic E-state index is 12.8. The van der Waals surface area contributed by atoms with Crippen LogP contribution in [-0.4, -0.2) is 35.1 Å². The van der Waals surface area contributed by atoms with Gasteiger partial charge in [-0.2, -0.15) is 0 Å². The molecule has 0 radical (unpaired) electrons. The van der Waals surface area contributed by atoms with Crippen molar-refractivity contribution in [1.82, 2.24) is 15.0 Å². The van der Waals surface area contributed by atoms with Crippen LogP contribution in [0.2, 0.25) is 0 Å². The highest BCUT2D eigenvalue weighted by Crippen LogP contribution is 2.29. The zero-order valence-corrected chi connectivity index (χ0v) is 16.5. The minimum atomic E-state index is -0.346. The molecule has 0 aliphatic carbocycles. The fourth-order valence-electron chi connectivity index (χ4n) is 3.31. The first kappa shape index (κ1) is 18.9. The lowest BCUT2D eigenvalue weighted by atomic mass is 10.1. The number of anilines is 1. The summed E-state index contributed by atoms with van der Waals surface area (Å²) in [5, 5.41) is 11.1. The van der Waals surface area contributed by atoms with Crippen molar-refractivity contribution in [2.75, 3.05) is 19.5 Å². The van der Waals surface area contributed by atoms with Crippen LogP contribution in [0.3, 0.4) is 0 Å². The Kier molecular flexibility index (Phi) is 5.18. The second-order valence-electron chi connectivity index (χ2n) is 6.80. The van der Waals surface area contributed by atoms with Crippen LogP contribution in [0.5, 0.6) is 11.5 Å². The molecule has 0 saturated carbocycles. The summed E-state index contributed by atoms with van der Waals surface area (Å²) in [7, 11) is 3.19. The largest absolute Gasteiger partial charge is 0.497 e. The standard InChI is InChI=1S/C21H22N4O4/c1-13-4-9-18(28-3)16(10-13)22-21(26)20-17-12-29-19(11-25(17)24-23-20)14-5-7-15(27-2)8-6-14/h4-10,19H,11-12H2,1-3H3,(H,22,26)/t19-/m1/s1. The predicted molar refractivity (Wildman–Crippen MR) is 106 cm³/mol. The van der Waals surface area contributed by atoms with Crippen LogP contribution in [0.15, 0.2) is 42.5 Å². The van der Waals surface area contributed by atoms with Gasteiger partial charge in [-0.15, -0.1) is 5.10 Å². The van der Waals surface area contributed by atoms with Gasteiger partial charge in [0.1, 0.15) is 17.6 Å². The van der Waals surface area contributed by atoms with E-state index in [1.54, 1.807) is 18.9 Å². The molecule has 8 heteroatoms. The summed E-state index contributed by atoms with van der Waals surface area (Å²) in [6.45, 7) is 2.68. The van der Waals surface area contributed by atoms with E-state index in [1.807, 2.05) is 49.4 Å². The number of amides is 1. The van der Waals surface area contributed by atoms with Crippen molar-refractivity contribution in [1.29, 1.82) is 0 Å². The number of hydrogen-bond donors (Lipinski definition) is 1. The van der Waals surface area contributed by atoms with E-state index in [4.69, 9.17) is 14.2 Å². The molecular formula is C21H22N4O4. The first-order valence-electron chi connectivity index (χ1n) is 9.23. The first-order valence-corrected chi connectivity index (χ1v) is 9.23. The Morgan fingerprint density at radius 1 is 1.17 bits per heavy atom. The molecule has 1 aliphatic heterocycles. The molecule has 2 aromatic carbocycles. The molecule has 0 bridgehead atoms. The Balaban J connectivity index is 1.52. The number of rotatable bonds is 5. The number of aromatic nitrogens is 3. The van der Waals surface area contributed by atoms with Crippen LogP contribution >= 0.6 is 0 Å². The first-order chi connectivity index (χ1) is 14.1. The molecule has 0 saturated heterocycles. The number of methoxy groups -OCH3 is 2. The summed E-state index contributed by atoms with van der Waals surface area (Å²) in [5.74, 6) is 1.03. The zero-order valence-electron chi connectivity index (χ0n) is 16.5. The van der Waals surface area contributed by atoms with Gasteiger partial charge in [0, 0.05) is 0 Å². The minimum absolute atomic E-state index is 0.164. The molecule has 1 aromatic heterocycles. The Bertz CT molecular complexity index is 1030. The molecule has 150 valence electrons. The fourth-order valence-corrected chi connectivity index (χ4v) is 3.31. The maximum absolute atomic E-state index is 12.8. The van der Waals surface area contributed by atoms with Gasteiger partial charge in [-0.1, -0.05) is 23.4 Å². The Morgan fingerprint density at radius 2 is 1.97 bits per heavy atom. The lowest BCUT2D eigenvalue weighted by Crippen LogP contribution is -2.24. The van der Waals surface area contributed by atoms with E-state index in [2.05, 4.69) is 15.6 Å². The van der Waals surface area contributed by atoms with E-state index < -0.39 is 0 Å². The van der Waals surface area contributed by atoms with Gasteiger partial charge >= 0.3 is 0 Å². The van der Waals surface area contributed by atoms with Crippen LogP contribution in [0, 0.1) is 6.92 Å². The smallest absolute Gasteiger partial charge is 0.278 e. The highest BCUT2D eigenvalue weighted by Gasteiger charge is 2.28. The quantitative estimate of drug-likeness (QED) is 0.715. The number of ether oxygens (including phenoxy) is 3. The number of hydrogen-bond acceptors (Lipinski definition) is 6. The van der Waals surface area contributed by atoms with E-state index in [0.29, 0.717) is 23.7 Å². The van der Waals surface area contributed by atoms with Gasteiger partial charge in [0.25, 0.3) is 5.91 Å². The van der Waals surface area contributed by atoms with Crippen LogP contribution < -0.4 is 14.8 Å². The van der Waals surface area contributed by atoms with Gasteiger partial charge in [0.15, 0.2) is 5.69 Å². The summed E-state index contributed by atoms with van der Waals surface area (Å²) in [6.07, 6.45) is -0.164. The lowest BCUT2D eigenvalue weighted by Gasteiger charge is -2.24. The van der Waals surface area contributed by atoms with Gasteiger partial charge in [0.2, 0.25) is 0 Å². The molecule has 3 aromatic rings. The SMILES string of the molecule is COc1ccc([C@H]2Cn3nnc(C(=O)Nc4cc(C)ccc4OC)c3CO2)cc1. The van der Waals surface area contributed by atoms with E-state index in [9.17, 15) is 4.79 Å². The number of aryl methyl sites for hydroxylation is 1. The monoisotopic (exact) mass is 394 g/mol. The summed E-state index contributed by atoms with van der Waals surface area (Å²) in [6, 6.07) is 13.3. The van der Waals surface area contributed by atoms with Gasteiger partial charge < -0.3 is 19.5 Å². The van der Waals surface area contributed by atoms with Crippen LogP contribution in [-0.2, 0) is 17.9 Å². The van der Waals surface area contributed by atoms with Crippen molar-refractivity contribution < 1.29 is 19.0 Å². The number of carbonyl (C=O) groups is 1. The van der Waals surface area contributed by atoms with Gasteiger partial charge in [-0.05, 0) is 42.3 Å². The number of nitrogens with one attached hydrogen (secondary N) is 1. The topological polar surface area (TPSA) is 87.5 Å². The number of fused-ring (bicyclic) bond motifs is 1. The second kappa shape index (κ2) is 7.92. The van der Waals surface area contributed by atoms with Crippen LogP contribution in [0.25, 0.3) is 0 Å². The van der Waals surface area contributed by atoms with Crippen LogP contribution in [0.1, 0.15) is 33.4 Å². The molecule has 8 nitrogen and oxygen atoms in total. The fraction of sp³-hybridized carbons (Fsp3) is 0.286. The number of carbonyl (C=O) groups excluding carboxylic acids is 1. The predicted octanol–water partition coefficient (Wildman–Crippen LogP) is 3.13. The average Bonchev–Trinajstić information content (AvgIpc) is 3.17. The summed E-state index contributed by atoms with van der Waals surface area (Å²) < 4.78 is 18.2. The average molecular weight is 394 g/mol. The van der Waals surface area contributed by atoms with Crippen molar-refractivity contribution in [3.63, 3.8) is 0 Å². The minimum Gasteiger partial charge on any atom is -0.497 e. The van der Waals surface area contributed by atoms with E-state index in [-0.39, 0.29) is 24.3 Å². The summed E-state index contributed by atoms with van der Waals surface area (Å²) in [5.41, 5.74) is 3.52. The molecule has 0 fully saturated rings. The molecule has 2 heterocycles. The molecule has 1 atom stereocenters. The van der Waals surface area contributed by atoms with Gasteiger partial charge in [0.05, 0.1) is 38.8 Å². The van der Waals surface area contributed by atoms with E-state index >= 15 is 0 Å². The summed E-state index contributed by atoms with van der Waals surface area (Å²) in [4.78, 5) is 12.8. The lowest BCUT2D eigenvalue weighted by molar-refractivity contribution is -0.00173. The second-order valence-corrected chi connectivity index (χ2v) is 6.80. The number of benzene rings is 2. The van der Waals surface area contributed by atoms with Crippen LogP contribution in [0.4, 0.5) is 5.69 Å². The molecular weight excluding hydrogens is 372 g/mol. The Morgan fingerprint density at radius 3 is 2.69 bits per heavy atom. The Labute approximate surface area is 168 Å². The molecule has 29 heavy (non-hydrogen) atoms. The third-order valence-electron chi connectivity index (χ3n) is 4.90. The molecule has 0 unspecified atom stereocenters. The molecule has 0 spiro atoms. The van der Waals surface area contributed by atoms with Crippen molar-refractivity contribution in [2.24, 2.45) is 0 Å². The maximum Gasteiger partial charge on any atom is 0.278 e. The van der Waals surface area contributed by atoms with Crippen molar-refractivity contribution in [3.05, 3.63) is 65.0 Å².